The highest BCUT2D eigenvalue weighted by Crippen LogP contribution is 2.32. The molecule has 9 nitrogen and oxygen atoms in total. The van der Waals surface area contributed by atoms with Crippen molar-refractivity contribution in [2.24, 2.45) is 0 Å². The molecule has 0 spiro atoms. The predicted molar refractivity (Wildman–Crippen MR) is 122 cm³/mol. The summed E-state index contributed by atoms with van der Waals surface area (Å²) in [5.41, 5.74) is 0.0698. The summed E-state index contributed by atoms with van der Waals surface area (Å²) >= 11 is 6.25. The number of anilines is 1. The standard InChI is InChI=1S/C21H16N2O7S2/c1-30-13-5-2-11(3-6-13)8-16-18(25)23(21(31)32-16)10-17(24)22-15-9-12(19(26)27)4-7-14(15)20(28)29/h2-9H,10H2,1H3,(H,22,24)(H,26,27)(H,28,29)/b16-8-. The van der Waals surface area contributed by atoms with Crippen LogP contribution in [0.2, 0.25) is 0 Å². The van der Waals surface area contributed by atoms with Crippen LogP contribution in [0.25, 0.3) is 6.08 Å². The monoisotopic (exact) mass is 472 g/mol. The first-order chi connectivity index (χ1) is 15.2. The van der Waals surface area contributed by atoms with Gasteiger partial charge >= 0.3 is 11.9 Å². The molecule has 164 valence electrons. The number of benzene rings is 2. The highest BCUT2D eigenvalue weighted by molar-refractivity contribution is 8.26. The van der Waals surface area contributed by atoms with Gasteiger partial charge < -0.3 is 20.3 Å². The number of nitrogens with one attached hydrogen (secondary N) is 1. The van der Waals surface area contributed by atoms with Crippen molar-refractivity contribution in [1.82, 2.24) is 4.90 Å². The molecule has 0 unspecified atom stereocenters. The zero-order chi connectivity index (χ0) is 23.4. The maximum Gasteiger partial charge on any atom is 0.337 e. The quantitative estimate of drug-likeness (QED) is 0.411. The smallest absolute Gasteiger partial charge is 0.337 e. The molecule has 0 atom stereocenters. The van der Waals surface area contributed by atoms with Gasteiger partial charge in [-0.1, -0.05) is 36.1 Å². The lowest BCUT2D eigenvalue weighted by Gasteiger charge is -2.15. The Labute approximate surface area is 191 Å². The van der Waals surface area contributed by atoms with Crippen LogP contribution in [0.3, 0.4) is 0 Å². The second-order valence-electron chi connectivity index (χ2n) is 6.46. The molecular formula is C21H16N2O7S2. The van der Waals surface area contributed by atoms with Crippen LogP contribution in [0.1, 0.15) is 26.3 Å². The summed E-state index contributed by atoms with van der Waals surface area (Å²) in [6, 6.07) is 10.3. The largest absolute Gasteiger partial charge is 0.497 e. The summed E-state index contributed by atoms with van der Waals surface area (Å²) < 4.78 is 5.26. The van der Waals surface area contributed by atoms with Gasteiger partial charge in [0.05, 0.1) is 28.8 Å². The molecule has 0 saturated carbocycles. The minimum Gasteiger partial charge on any atom is -0.497 e. The Morgan fingerprint density at radius 2 is 1.81 bits per heavy atom. The van der Waals surface area contributed by atoms with Crippen LogP contribution in [-0.4, -0.2) is 56.8 Å². The van der Waals surface area contributed by atoms with Crippen molar-refractivity contribution < 1.29 is 34.1 Å². The van der Waals surface area contributed by atoms with Gasteiger partial charge in [0.2, 0.25) is 5.91 Å². The van der Waals surface area contributed by atoms with Gasteiger partial charge in [0.25, 0.3) is 5.91 Å². The van der Waals surface area contributed by atoms with E-state index < -0.39 is 30.3 Å². The molecule has 1 aliphatic rings. The molecule has 1 aliphatic heterocycles. The number of hydrogen-bond acceptors (Lipinski definition) is 7. The molecule has 2 aromatic rings. The van der Waals surface area contributed by atoms with Crippen LogP contribution in [0.15, 0.2) is 47.4 Å². The van der Waals surface area contributed by atoms with Crippen LogP contribution in [0.4, 0.5) is 5.69 Å². The summed E-state index contributed by atoms with van der Waals surface area (Å²) in [4.78, 5) is 49.2. The first kappa shape index (κ1) is 23.0. The fraction of sp³-hybridized carbons (Fsp3) is 0.0952. The molecule has 0 bridgehead atoms. The Morgan fingerprint density at radius 1 is 1.12 bits per heavy atom. The van der Waals surface area contributed by atoms with E-state index in [9.17, 15) is 24.3 Å². The van der Waals surface area contributed by atoms with E-state index in [1.165, 1.54) is 0 Å². The van der Waals surface area contributed by atoms with E-state index in [1.54, 1.807) is 37.5 Å². The number of rotatable bonds is 7. The fourth-order valence-electron chi connectivity index (χ4n) is 2.79. The van der Waals surface area contributed by atoms with Crippen molar-refractivity contribution >= 4 is 63.8 Å². The number of nitrogens with zero attached hydrogens (tertiary/aromatic N) is 1. The van der Waals surface area contributed by atoms with E-state index in [0.29, 0.717) is 10.7 Å². The molecule has 1 heterocycles. The van der Waals surface area contributed by atoms with E-state index in [2.05, 4.69) is 5.32 Å². The number of thioether (sulfide) groups is 1. The third-order valence-corrected chi connectivity index (χ3v) is 5.74. The summed E-state index contributed by atoms with van der Waals surface area (Å²) in [7, 11) is 1.54. The molecule has 0 aromatic heterocycles. The number of aromatic carboxylic acids is 2. The SMILES string of the molecule is COc1ccc(/C=C2\SC(=S)N(CC(=O)Nc3cc(C(=O)O)ccc3C(=O)O)C2=O)cc1. The third-order valence-electron chi connectivity index (χ3n) is 4.36. The van der Waals surface area contributed by atoms with Crippen molar-refractivity contribution in [2.45, 2.75) is 0 Å². The maximum absolute atomic E-state index is 12.7. The molecule has 1 saturated heterocycles. The van der Waals surface area contributed by atoms with E-state index in [0.717, 1.165) is 40.4 Å². The van der Waals surface area contributed by atoms with Crippen molar-refractivity contribution in [3.8, 4) is 5.75 Å². The molecule has 32 heavy (non-hydrogen) atoms. The Hall–Kier alpha value is -3.70. The zero-order valence-electron chi connectivity index (χ0n) is 16.5. The second kappa shape index (κ2) is 9.62. The van der Waals surface area contributed by atoms with Crippen LogP contribution < -0.4 is 10.1 Å². The summed E-state index contributed by atoms with van der Waals surface area (Å²) in [5, 5.41) is 20.7. The summed E-state index contributed by atoms with van der Waals surface area (Å²) in [5.74, 6) is -3.15. The highest BCUT2D eigenvalue weighted by Gasteiger charge is 2.33. The summed E-state index contributed by atoms with van der Waals surface area (Å²) in [6.45, 7) is -0.457. The average molecular weight is 473 g/mol. The van der Waals surface area contributed by atoms with E-state index >= 15 is 0 Å². The van der Waals surface area contributed by atoms with Gasteiger partial charge in [0, 0.05) is 0 Å². The topological polar surface area (TPSA) is 133 Å². The lowest BCUT2D eigenvalue weighted by molar-refractivity contribution is -0.126. The minimum atomic E-state index is -1.34. The fourth-order valence-corrected chi connectivity index (χ4v) is 4.04. The number of methoxy groups -OCH3 is 1. The van der Waals surface area contributed by atoms with Crippen molar-refractivity contribution in [3.63, 3.8) is 0 Å². The van der Waals surface area contributed by atoms with Crippen LogP contribution in [-0.2, 0) is 9.59 Å². The maximum atomic E-state index is 12.7. The number of carboxylic acids is 2. The Balaban J connectivity index is 1.75. The molecule has 11 heteroatoms. The molecule has 3 N–H and O–H groups in total. The van der Waals surface area contributed by atoms with Gasteiger partial charge in [-0.25, -0.2) is 9.59 Å². The number of ether oxygens (including phenoxy) is 1. The van der Waals surface area contributed by atoms with Crippen LogP contribution in [0.5, 0.6) is 5.75 Å². The summed E-state index contributed by atoms with van der Waals surface area (Å²) in [6.07, 6.45) is 1.63. The molecule has 2 amide bonds. The van der Waals surface area contributed by atoms with Crippen molar-refractivity contribution in [3.05, 3.63) is 64.1 Å². The highest BCUT2D eigenvalue weighted by atomic mass is 32.2. The third kappa shape index (κ3) is 5.13. The van der Waals surface area contributed by atoms with Gasteiger partial charge in [-0.2, -0.15) is 0 Å². The molecular weight excluding hydrogens is 456 g/mol. The average Bonchev–Trinajstić information content (AvgIpc) is 3.01. The van der Waals surface area contributed by atoms with Crippen LogP contribution >= 0.6 is 24.0 Å². The number of thiocarbonyl (C=S) groups is 1. The van der Waals surface area contributed by atoms with Gasteiger partial charge in [-0.15, -0.1) is 0 Å². The molecule has 2 aromatic carbocycles. The van der Waals surface area contributed by atoms with Crippen molar-refractivity contribution in [2.75, 3.05) is 19.0 Å². The number of hydrogen-bond donors (Lipinski definition) is 3. The van der Waals surface area contributed by atoms with E-state index in [-0.39, 0.29) is 21.1 Å². The van der Waals surface area contributed by atoms with Gasteiger partial charge in [0.1, 0.15) is 16.6 Å². The van der Waals surface area contributed by atoms with Gasteiger partial charge in [0.15, 0.2) is 0 Å². The predicted octanol–water partition coefficient (Wildman–Crippen LogP) is 2.93. The number of carbonyl (C=O) groups excluding carboxylic acids is 2. The Morgan fingerprint density at radius 3 is 2.41 bits per heavy atom. The van der Waals surface area contributed by atoms with Crippen LogP contribution in [0, 0.1) is 0 Å². The van der Waals surface area contributed by atoms with Gasteiger partial charge in [-0.05, 0) is 42.0 Å². The second-order valence-corrected chi connectivity index (χ2v) is 8.14. The van der Waals surface area contributed by atoms with Crippen molar-refractivity contribution in [1.29, 1.82) is 0 Å². The normalized spacial score (nSPS) is 14.5. The molecule has 0 aliphatic carbocycles. The molecule has 1 fully saturated rings. The van der Waals surface area contributed by atoms with Gasteiger partial charge in [-0.3, -0.25) is 14.5 Å². The molecule has 3 rings (SSSR count). The number of amides is 2. The number of carboxylic acid groups (broad SMARTS) is 2. The first-order valence-corrected chi connectivity index (χ1v) is 10.2. The lowest BCUT2D eigenvalue weighted by atomic mass is 10.1. The Kier molecular flexibility index (Phi) is 6.91. The lowest BCUT2D eigenvalue weighted by Crippen LogP contribution is -2.36. The molecule has 0 radical (unpaired) electrons. The first-order valence-electron chi connectivity index (χ1n) is 8.99. The Bertz CT molecular complexity index is 1160. The number of carbonyl (C=O) groups is 4. The van der Waals surface area contributed by atoms with E-state index in [1.807, 2.05) is 0 Å². The zero-order valence-corrected chi connectivity index (χ0v) is 18.2. The van der Waals surface area contributed by atoms with E-state index in [4.69, 9.17) is 22.1 Å². The minimum absolute atomic E-state index is 0.169.